The second-order valence-corrected chi connectivity index (χ2v) is 8.22. The summed E-state index contributed by atoms with van der Waals surface area (Å²) < 4.78 is 0. The SMILES string of the molecule is Cc1cccc(CCCNC(=O)/C(=C/c2cccs2)NC(=O)c2cccc(C)c2)c1. The van der Waals surface area contributed by atoms with Crippen molar-refractivity contribution < 1.29 is 9.59 Å². The lowest BCUT2D eigenvalue weighted by molar-refractivity contribution is -0.117. The molecule has 0 unspecified atom stereocenters. The van der Waals surface area contributed by atoms with Crippen molar-refractivity contribution in [1.29, 1.82) is 0 Å². The Labute approximate surface area is 181 Å². The van der Waals surface area contributed by atoms with Gasteiger partial charge in [0.25, 0.3) is 11.8 Å². The third kappa shape index (κ3) is 6.42. The van der Waals surface area contributed by atoms with Crippen LogP contribution in [0.15, 0.2) is 71.7 Å². The maximum absolute atomic E-state index is 12.8. The maximum atomic E-state index is 12.8. The fraction of sp³-hybridized carbons (Fsp3) is 0.200. The molecule has 3 rings (SSSR count). The minimum Gasteiger partial charge on any atom is -0.351 e. The van der Waals surface area contributed by atoms with E-state index in [2.05, 4.69) is 35.8 Å². The van der Waals surface area contributed by atoms with Gasteiger partial charge in [0, 0.05) is 17.0 Å². The maximum Gasteiger partial charge on any atom is 0.267 e. The molecule has 0 radical (unpaired) electrons. The topological polar surface area (TPSA) is 58.2 Å². The summed E-state index contributed by atoms with van der Waals surface area (Å²) in [4.78, 5) is 26.3. The molecular formula is C25H26N2O2S. The smallest absolute Gasteiger partial charge is 0.267 e. The first kappa shape index (κ1) is 21.5. The van der Waals surface area contributed by atoms with Gasteiger partial charge in [0.2, 0.25) is 0 Å². The van der Waals surface area contributed by atoms with Gasteiger partial charge in [-0.05, 0) is 61.9 Å². The Bertz CT molecular complexity index is 1040. The van der Waals surface area contributed by atoms with Crippen LogP contribution in [0.4, 0.5) is 0 Å². The predicted octanol–water partition coefficient (Wildman–Crippen LogP) is 4.88. The van der Waals surface area contributed by atoms with Crippen molar-refractivity contribution in [1.82, 2.24) is 10.6 Å². The highest BCUT2D eigenvalue weighted by Crippen LogP contribution is 2.13. The summed E-state index contributed by atoms with van der Waals surface area (Å²) in [5.41, 5.74) is 4.26. The number of rotatable bonds is 8. The Morgan fingerprint density at radius 2 is 1.73 bits per heavy atom. The van der Waals surface area contributed by atoms with E-state index < -0.39 is 0 Å². The van der Waals surface area contributed by atoms with Crippen LogP contribution in [-0.4, -0.2) is 18.4 Å². The zero-order valence-electron chi connectivity index (χ0n) is 17.3. The molecule has 1 aromatic heterocycles. The fourth-order valence-corrected chi connectivity index (χ4v) is 3.77. The fourth-order valence-electron chi connectivity index (χ4n) is 3.11. The van der Waals surface area contributed by atoms with E-state index in [1.165, 1.54) is 22.5 Å². The molecule has 2 aromatic carbocycles. The van der Waals surface area contributed by atoms with E-state index >= 15 is 0 Å². The van der Waals surface area contributed by atoms with Gasteiger partial charge in [0.1, 0.15) is 5.70 Å². The van der Waals surface area contributed by atoms with Crippen LogP contribution in [0.5, 0.6) is 0 Å². The molecule has 0 saturated heterocycles. The van der Waals surface area contributed by atoms with Crippen LogP contribution in [0.3, 0.4) is 0 Å². The first-order chi connectivity index (χ1) is 14.5. The Morgan fingerprint density at radius 1 is 0.967 bits per heavy atom. The summed E-state index contributed by atoms with van der Waals surface area (Å²) in [6.45, 7) is 4.54. The quantitative estimate of drug-likeness (QED) is 0.404. The number of benzene rings is 2. The van der Waals surface area contributed by atoms with Crippen LogP contribution >= 0.6 is 11.3 Å². The standard InChI is InChI=1S/C25H26N2O2S/c1-18-7-3-9-20(15-18)10-5-13-26-25(29)23(17-22-12-6-14-30-22)27-24(28)21-11-4-8-19(2)16-21/h3-4,6-9,11-12,14-17H,5,10,13H2,1-2H3,(H,26,29)(H,27,28)/b23-17-. The van der Waals surface area contributed by atoms with E-state index in [9.17, 15) is 9.59 Å². The van der Waals surface area contributed by atoms with E-state index in [1.807, 2.05) is 42.6 Å². The van der Waals surface area contributed by atoms with Gasteiger partial charge in [0.15, 0.2) is 0 Å². The minimum atomic E-state index is -0.295. The van der Waals surface area contributed by atoms with Gasteiger partial charge >= 0.3 is 0 Å². The van der Waals surface area contributed by atoms with Crippen molar-refractivity contribution in [3.05, 3.63) is 98.9 Å². The van der Waals surface area contributed by atoms with Crippen molar-refractivity contribution in [3.8, 4) is 0 Å². The number of nitrogens with one attached hydrogen (secondary N) is 2. The van der Waals surface area contributed by atoms with Crippen molar-refractivity contribution in [2.45, 2.75) is 26.7 Å². The zero-order valence-corrected chi connectivity index (χ0v) is 18.1. The average molecular weight is 419 g/mol. The Morgan fingerprint density at radius 3 is 2.43 bits per heavy atom. The van der Waals surface area contributed by atoms with Crippen molar-refractivity contribution in [2.75, 3.05) is 6.54 Å². The second-order valence-electron chi connectivity index (χ2n) is 7.25. The molecule has 154 valence electrons. The predicted molar refractivity (Wildman–Crippen MR) is 123 cm³/mol. The Kier molecular flexibility index (Phi) is 7.57. The summed E-state index contributed by atoms with van der Waals surface area (Å²) >= 11 is 1.51. The highest BCUT2D eigenvalue weighted by atomic mass is 32.1. The molecule has 3 aromatic rings. The van der Waals surface area contributed by atoms with Gasteiger partial charge in [-0.3, -0.25) is 9.59 Å². The van der Waals surface area contributed by atoms with Gasteiger partial charge < -0.3 is 10.6 Å². The van der Waals surface area contributed by atoms with E-state index in [0.717, 1.165) is 23.3 Å². The van der Waals surface area contributed by atoms with E-state index in [-0.39, 0.29) is 17.5 Å². The average Bonchev–Trinajstić information content (AvgIpc) is 3.24. The van der Waals surface area contributed by atoms with E-state index in [1.54, 1.807) is 18.2 Å². The highest BCUT2D eigenvalue weighted by Gasteiger charge is 2.15. The molecule has 0 fully saturated rings. The van der Waals surface area contributed by atoms with Crippen molar-refractivity contribution >= 4 is 29.2 Å². The Balaban J connectivity index is 1.63. The van der Waals surface area contributed by atoms with Crippen LogP contribution in [0.25, 0.3) is 6.08 Å². The van der Waals surface area contributed by atoms with Crippen LogP contribution in [-0.2, 0) is 11.2 Å². The molecule has 0 atom stereocenters. The number of thiophene rings is 1. The first-order valence-corrected chi connectivity index (χ1v) is 10.9. The lowest BCUT2D eigenvalue weighted by atomic mass is 10.1. The molecule has 0 aliphatic rings. The summed E-state index contributed by atoms with van der Waals surface area (Å²) in [5.74, 6) is -0.579. The summed E-state index contributed by atoms with van der Waals surface area (Å²) in [7, 11) is 0. The molecule has 30 heavy (non-hydrogen) atoms. The molecule has 0 aliphatic heterocycles. The zero-order chi connectivity index (χ0) is 21.3. The molecule has 1 heterocycles. The van der Waals surface area contributed by atoms with E-state index in [4.69, 9.17) is 0 Å². The van der Waals surface area contributed by atoms with E-state index in [0.29, 0.717) is 12.1 Å². The molecule has 0 saturated carbocycles. The second kappa shape index (κ2) is 10.6. The molecular weight excluding hydrogens is 392 g/mol. The molecule has 0 bridgehead atoms. The van der Waals surface area contributed by atoms with Crippen molar-refractivity contribution in [3.63, 3.8) is 0 Å². The van der Waals surface area contributed by atoms with Crippen LogP contribution in [0, 0.1) is 13.8 Å². The number of hydrogen-bond acceptors (Lipinski definition) is 3. The monoisotopic (exact) mass is 418 g/mol. The molecule has 0 spiro atoms. The van der Waals surface area contributed by atoms with Gasteiger partial charge in [-0.15, -0.1) is 11.3 Å². The van der Waals surface area contributed by atoms with Crippen LogP contribution in [0.2, 0.25) is 0 Å². The van der Waals surface area contributed by atoms with Gasteiger partial charge in [-0.1, -0.05) is 53.6 Å². The van der Waals surface area contributed by atoms with Gasteiger partial charge in [-0.2, -0.15) is 0 Å². The summed E-state index contributed by atoms with van der Waals surface area (Å²) in [6.07, 6.45) is 3.43. The lowest BCUT2D eigenvalue weighted by Gasteiger charge is -2.11. The third-order valence-electron chi connectivity index (χ3n) is 4.61. The number of hydrogen-bond donors (Lipinski definition) is 2. The van der Waals surface area contributed by atoms with Crippen LogP contribution in [0.1, 0.15) is 38.3 Å². The summed E-state index contributed by atoms with van der Waals surface area (Å²) in [6, 6.07) is 19.5. The van der Waals surface area contributed by atoms with Crippen LogP contribution < -0.4 is 10.6 Å². The minimum absolute atomic E-state index is 0.250. The normalized spacial score (nSPS) is 11.2. The highest BCUT2D eigenvalue weighted by molar-refractivity contribution is 7.10. The number of amides is 2. The molecule has 5 heteroatoms. The van der Waals surface area contributed by atoms with Gasteiger partial charge in [-0.25, -0.2) is 0 Å². The van der Waals surface area contributed by atoms with Gasteiger partial charge in [0.05, 0.1) is 0 Å². The largest absolute Gasteiger partial charge is 0.351 e. The first-order valence-electron chi connectivity index (χ1n) is 9.98. The third-order valence-corrected chi connectivity index (χ3v) is 5.43. The number of aryl methyl sites for hydroxylation is 3. The Hall–Kier alpha value is -3.18. The lowest BCUT2D eigenvalue weighted by Crippen LogP contribution is -2.35. The molecule has 2 amide bonds. The number of carbonyl (C=O) groups is 2. The molecule has 0 aliphatic carbocycles. The summed E-state index contributed by atoms with van der Waals surface area (Å²) in [5, 5.41) is 7.65. The molecule has 2 N–H and O–H groups in total. The molecule has 4 nitrogen and oxygen atoms in total. The van der Waals surface area contributed by atoms with Crippen molar-refractivity contribution in [2.24, 2.45) is 0 Å². The number of carbonyl (C=O) groups excluding carboxylic acids is 2.